The summed E-state index contributed by atoms with van der Waals surface area (Å²) in [6, 6.07) is 0. The fourth-order valence-electron chi connectivity index (χ4n) is 9.16. The molecule has 0 aromatic rings. The van der Waals surface area contributed by atoms with Crippen molar-refractivity contribution in [2.24, 2.45) is 0 Å². The summed E-state index contributed by atoms with van der Waals surface area (Å²) in [5, 5.41) is 0. The van der Waals surface area contributed by atoms with E-state index in [1.54, 1.807) is 0 Å². The molecule has 7 heteroatoms. The SMILES string of the molecule is CCCCCCCCCCCCCCN(CCCCCCCCCCCCCC)C(=S)[S-].CCCCCCCCCCCCCCN(CCCCCCCCCCCCCC)C(=S)[S-].[Zn+2]. The summed E-state index contributed by atoms with van der Waals surface area (Å²) in [5.41, 5.74) is 0. The van der Waals surface area contributed by atoms with Gasteiger partial charge in [-0.05, 0) is 25.7 Å². The van der Waals surface area contributed by atoms with E-state index in [0.717, 1.165) is 26.2 Å². The Morgan fingerprint density at radius 3 is 0.446 bits per heavy atom. The topological polar surface area (TPSA) is 6.48 Å². The first-order valence-corrected chi connectivity index (χ1v) is 31.0. The van der Waals surface area contributed by atoms with E-state index in [-0.39, 0.29) is 19.5 Å². The van der Waals surface area contributed by atoms with Gasteiger partial charge in [0.1, 0.15) is 0 Å². The van der Waals surface area contributed by atoms with Crippen LogP contribution < -0.4 is 0 Å². The Bertz CT molecular complexity index is 766. The molecule has 0 fully saturated rings. The van der Waals surface area contributed by atoms with E-state index in [2.05, 4.69) is 37.5 Å². The van der Waals surface area contributed by atoms with Gasteiger partial charge in [0.25, 0.3) is 0 Å². The van der Waals surface area contributed by atoms with Crippen LogP contribution in [-0.4, -0.2) is 44.6 Å². The molecule has 0 aliphatic heterocycles. The molecule has 0 aromatic carbocycles. The van der Waals surface area contributed by atoms with Gasteiger partial charge in [-0.3, -0.25) is 0 Å². The second-order valence-corrected chi connectivity index (χ2v) is 22.1. The fourth-order valence-corrected chi connectivity index (χ4v) is 9.89. The minimum Gasteiger partial charge on any atom is -0.411 e. The van der Waals surface area contributed by atoms with Gasteiger partial charge < -0.3 is 59.5 Å². The minimum absolute atomic E-state index is 0. The second-order valence-electron chi connectivity index (χ2n) is 20.1. The number of rotatable bonds is 52. The van der Waals surface area contributed by atoms with Crippen molar-refractivity contribution in [2.45, 2.75) is 336 Å². The normalized spacial score (nSPS) is 11.0. The zero-order valence-electron chi connectivity index (χ0n) is 45.0. The van der Waals surface area contributed by atoms with E-state index >= 15 is 0 Å². The molecule has 0 radical (unpaired) electrons. The average molecular weight is 1040 g/mol. The van der Waals surface area contributed by atoms with Crippen molar-refractivity contribution in [1.82, 2.24) is 9.80 Å². The minimum atomic E-state index is 0. The first kappa shape index (κ1) is 70.1. The Morgan fingerprint density at radius 1 is 0.231 bits per heavy atom. The van der Waals surface area contributed by atoms with E-state index in [1.165, 1.54) is 308 Å². The molecule has 65 heavy (non-hydrogen) atoms. The molecule has 0 amide bonds. The summed E-state index contributed by atoms with van der Waals surface area (Å²) < 4.78 is 1.38. The number of nitrogens with zero attached hydrogens (tertiary/aromatic N) is 2. The summed E-state index contributed by atoms with van der Waals surface area (Å²) in [4.78, 5) is 4.58. The van der Waals surface area contributed by atoms with E-state index in [9.17, 15) is 0 Å². The maximum atomic E-state index is 5.33. The Labute approximate surface area is 446 Å². The summed E-state index contributed by atoms with van der Waals surface area (Å²) in [6.45, 7) is 13.5. The maximum Gasteiger partial charge on any atom is 2.00 e. The Hall–Kier alpha value is 0.843. The molecule has 0 aliphatic rings. The van der Waals surface area contributed by atoms with Crippen LogP contribution in [0, 0.1) is 0 Å². The monoisotopic (exact) mass is 1030 g/mol. The third-order valence-corrected chi connectivity index (χ3v) is 14.7. The van der Waals surface area contributed by atoms with Gasteiger partial charge in [0.05, 0.1) is 0 Å². The molecule has 0 heterocycles. The molecule has 384 valence electrons. The van der Waals surface area contributed by atoms with Crippen molar-refractivity contribution in [3.63, 3.8) is 0 Å². The van der Waals surface area contributed by atoms with E-state index in [1.807, 2.05) is 0 Å². The summed E-state index contributed by atoms with van der Waals surface area (Å²) in [5.74, 6) is 0. The molecule has 0 saturated carbocycles. The van der Waals surface area contributed by atoms with Crippen molar-refractivity contribution in [1.29, 1.82) is 0 Å². The van der Waals surface area contributed by atoms with Crippen molar-refractivity contribution < 1.29 is 19.5 Å². The zero-order valence-corrected chi connectivity index (χ0v) is 51.2. The molecule has 0 bridgehead atoms. The van der Waals surface area contributed by atoms with Gasteiger partial charge in [-0.15, -0.1) is 0 Å². The molecule has 0 atom stereocenters. The van der Waals surface area contributed by atoms with Gasteiger partial charge in [-0.25, -0.2) is 0 Å². The second kappa shape index (κ2) is 62.9. The van der Waals surface area contributed by atoms with Gasteiger partial charge in [-0.1, -0.05) is 319 Å². The van der Waals surface area contributed by atoms with E-state index in [0.29, 0.717) is 8.64 Å². The molecule has 0 N–H and O–H groups in total. The van der Waals surface area contributed by atoms with Crippen molar-refractivity contribution in [3.8, 4) is 0 Å². The summed E-state index contributed by atoms with van der Waals surface area (Å²) in [6.07, 6.45) is 67.2. The van der Waals surface area contributed by atoms with Crippen LogP contribution in [0.4, 0.5) is 0 Å². The van der Waals surface area contributed by atoms with Gasteiger partial charge >= 0.3 is 19.5 Å². The number of hydrogen-bond donors (Lipinski definition) is 0. The molecule has 2 nitrogen and oxygen atoms in total. The van der Waals surface area contributed by atoms with E-state index in [4.69, 9.17) is 49.7 Å². The van der Waals surface area contributed by atoms with Crippen LogP contribution in [0.3, 0.4) is 0 Å². The summed E-state index contributed by atoms with van der Waals surface area (Å²) in [7, 11) is 0. The van der Waals surface area contributed by atoms with Crippen molar-refractivity contribution in [2.75, 3.05) is 26.2 Å². The predicted molar refractivity (Wildman–Crippen MR) is 307 cm³/mol. The van der Waals surface area contributed by atoms with Crippen molar-refractivity contribution in [3.05, 3.63) is 0 Å². The first-order valence-electron chi connectivity index (χ1n) is 29.4. The number of hydrogen-bond acceptors (Lipinski definition) is 4. The van der Waals surface area contributed by atoms with Gasteiger partial charge in [-0.2, -0.15) is 0 Å². The third-order valence-electron chi connectivity index (χ3n) is 13.6. The number of thiocarbonyl (C=S) groups is 2. The molecule has 0 aromatic heterocycles. The quantitative estimate of drug-likeness (QED) is 0.0257. The standard InChI is InChI=1S/2C29H59NS2.Zn/c2*1-3-5-7-9-11-13-15-17-19-21-23-25-27-30(29(31)32)28-26-24-22-20-18-16-14-12-10-8-6-4-2;/h2*3-28H2,1-2H3,(H,31,32);/q;;+2/p-2. The molecule has 0 aliphatic carbocycles. The van der Waals surface area contributed by atoms with Gasteiger partial charge in [0.15, 0.2) is 0 Å². The predicted octanol–water partition coefficient (Wildman–Crippen LogP) is 21.0. The van der Waals surface area contributed by atoms with Crippen LogP contribution in [0.25, 0.3) is 0 Å². The largest absolute Gasteiger partial charge is 2.00 e. The molecule has 0 saturated heterocycles. The van der Waals surface area contributed by atoms with Crippen LogP contribution in [0.5, 0.6) is 0 Å². The molecular weight excluding hydrogens is 918 g/mol. The molecule has 0 rings (SSSR count). The number of unbranched alkanes of at least 4 members (excludes halogenated alkanes) is 44. The molecule has 0 unspecified atom stereocenters. The maximum absolute atomic E-state index is 5.33. The van der Waals surface area contributed by atoms with Crippen LogP contribution >= 0.6 is 24.4 Å². The van der Waals surface area contributed by atoms with Gasteiger partial charge in [0.2, 0.25) is 0 Å². The van der Waals surface area contributed by atoms with Crippen LogP contribution in [-0.2, 0) is 44.7 Å². The Balaban J connectivity index is -0.00000116. The van der Waals surface area contributed by atoms with E-state index < -0.39 is 0 Å². The molecular formula is C58H116N2S4Zn. The van der Waals surface area contributed by atoms with Crippen molar-refractivity contribution >= 4 is 58.3 Å². The van der Waals surface area contributed by atoms with Crippen LogP contribution in [0.2, 0.25) is 0 Å². The van der Waals surface area contributed by atoms with Gasteiger partial charge in [0, 0.05) is 26.2 Å². The Kier molecular flexibility index (Phi) is 67.8. The third kappa shape index (κ3) is 60.9. The van der Waals surface area contributed by atoms with Crippen LogP contribution in [0.15, 0.2) is 0 Å². The Morgan fingerprint density at radius 2 is 0.338 bits per heavy atom. The summed E-state index contributed by atoms with van der Waals surface area (Å²) >= 11 is 21.3. The zero-order chi connectivity index (χ0) is 47.1. The fraction of sp³-hybridized carbons (Fsp3) is 0.966. The average Bonchev–Trinajstić information content (AvgIpc) is 3.29. The van der Waals surface area contributed by atoms with Crippen LogP contribution in [0.1, 0.15) is 336 Å². The smallest absolute Gasteiger partial charge is 0.411 e. The first-order chi connectivity index (χ1) is 31.4. The molecule has 0 spiro atoms.